The van der Waals surface area contributed by atoms with Crippen LogP contribution in [0.1, 0.15) is 77.6 Å². The van der Waals surface area contributed by atoms with Gasteiger partial charge in [0.05, 0.1) is 6.04 Å². The van der Waals surface area contributed by atoms with Gasteiger partial charge in [-0.15, -0.1) is 0 Å². The maximum Gasteiger partial charge on any atom is 0.0508 e. The summed E-state index contributed by atoms with van der Waals surface area (Å²) in [5.74, 6) is 0.448. The molecule has 3 N–H and O–H groups in total. The molecule has 1 rings (SSSR count). The van der Waals surface area contributed by atoms with Gasteiger partial charge in [0.1, 0.15) is 0 Å². The highest BCUT2D eigenvalue weighted by Crippen LogP contribution is 2.29. The van der Waals surface area contributed by atoms with Gasteiger partial charge in [-0.25, -0.2) is 0 Å². The highest BCUT2D eigenvalue weighted by Gasteiger charge is 2.40. The Balaban J connectivity index is 1.72. The van der Waals surface area contributed by atoms with Gasteiger partial charge in [0.15, 0.2) is 0 Å². The number of rotatable bonds is 11. The smallest absolute Gasteiger partial charge is 0.0508 e. The van der Waals surface area contributed by atoms with Crippen LogP contribution in [0.2, 0.25) is 0 Å². The van der Waals surface area contributed by atoms with Crippen molar-refractivity contribution >= 4 is 5.71 Å². The lowest BCUT2D eigenvalue weighted by molar-refractivity contribution is 0.541. The first-order valence-corrected chi connectivity index (χ1v) is 7.61. The minimum absolute atomic E-state index is 0.119. The summed E-state index contributed by atoms with van der Waals surface area (Å²) in [5, 5.41) is 7.48. The zero-order valence-electron chi connectivity index (χ0n) is 11.5. The average molecular weight is 238 g/mol. The Morgan fingerprint density at radius 2 is 1.29 bits per heavy atom. The average Bonchev–Trinajstić information content (AvgIpc) is 2.89. The van der Waals surface area contributed by atoms with Gasteiger partial charge in [-0.05, 0) is 6.42 Å². The van der Waals surface area contributed by atoms with E-state index >= 15 is 0 Å². The van der Waals surface area contributed by atoms with Crippen LogP contribution in [0.25, 0.3) is 0 Å². The molecule has 0 radical (unpaired) electrons. The topological polar surface area (TPSA) is 49.9 Å². The molecule has 0 aliphatic heterocycles. The van der Waals surface area contributed by atoms with Gasteiger partial charge < -0.3 is 11.1 Å². The van der Waals surface area contributed by atoms with E-state index in [1.165, 1.54) is 64.2 Å². The van der Waals surface area contributed by atoms with Crippen molar-refractivity contribution in [1.82, 2.24) is 0 Å². The van der Waals surface area contributed by atoms with Crippen molar-refractivity contribution in [2.45, 2.75) is 83.6 Å². The van der Waals surface area contributed by atoms with Crippen molar-refractivity contribution in [3.05, 3.63) is 0 Å². The summed E-state index contributed by atoms with van der Waals surface area (Å²) in [5.41, 5.74) is 6.50. The van der Waals surface area contributed by atoms with Crippen LogP contribution >= 0.6 is 0 Å². The van der Waals surface area contributed by atoms with Crippen LogP contribution in [-0.4, -0.2) is 11.8 Å². The SMILES string of the molecule is CCCCCCCCCCCCC1C(=N)C1N. The first-order chi connectivity index (χ1) is 8.27. The summed E-state index contributed by atoms with van der Waals surface area (Å²) in [6, 6.07) is 0.119. The van der Waals surface area contributed by atoms with Crippen LogP contribution in [0.3, 0.4) is 0 Å². The first kappa shape index (κ1) is 14.7. The summed E-state index contributed by atoms with van der Waals surface area (Å²) >= 11 is 0. The maximum absolute atomic E-state index is 7.48. The van der Waals surface area contributed by atoms with Crippen LogP contribution in [0.4, 0.5) is 0 Å². The van der Waals surface area contributed by atoms with Gasteiger partial charge >= 0.3 is 0 Å². The van der Waals surface area contributed by atoms with Crippen molar-refractivity contribution in [3.8, 4) is 0 Å². The highest BCUT2D eigenvalue weighted by molar-refractivity contribution is 6.05. The molecule has 0 aromatic heterocycles. The minimum Gasteiger partial charge on any atom is -0.322 e. The van der Waals surface area contributed by atoms with Gasteiger partial charge in [-0.1, -0.05) is 71.1 Å². The Morgan fingerprint density at radius 1 is 0.882 bits per heavy atom. The summed E-state index contributed by atoms with van der Waals surface area (Å²) in [4.78, 5) is 0. The third-order valence-corrected chi connectivity index (χ3v) is 3.95. The maximum atomic E-state index is 7.48. The van der Waals surface area contributed by atoms with Crippen LogP contribution in [0, 0.1) is 11.3 Å². The Morgan fingerprint density at radius 3 is 1.71 bits per heavy atom. The fourth-order valence-electron chi connectivity index (χ4n) is 2.53. The zero-order chi connectivity index (χ0) is 12.5. The Kier molecular flexibility index (Phi) is 7.50. The number of unbranched alkanes of at least 4 members (excludes halogenated alkanes) is 9. The molecule has 0 aromatic rings. The monoisotopic (exact) mass is 238 g/mol. The molecule has 0 heterocycles. The first-order valence-electron chi connectivity index (χ1n) is 7.61. The molecule has 0 bridgehead atoms. The number of hydrogen-bond donors (Lipinski definition) is 2. The zero-order valence-corrected chi connectivity index (χ0v) is 11.5. The molecule has 1 aliphatic rings. The van der Waals surface area contributed by atoms with Gasteiger partial charge in [-0.3, -0.25) is 0 Å². The normalized spacial score (nSPS) is 23.1. The van der Waals surface area contributed by atoms with Gasteiger partial charge in [0.25, 0.3) is 0 Å². The molecule has 2 nitrogen and oxygen atoms in total. The molecule has 2 unspecified atom stereocenters. The van der Waals surface area contributed by atoms with Gasteiger partial charge in [-0.2, -0.15) is 0 Å². The van der Waals surface area contributed by atoms with Crippen molar-refractivity contribution in [3.63, 3.8) is 0 Å². The highest BCUT2D eigenvalue weighted by atomic mass is 14.8. The van der Waals surface area contributed by atoms with Gasteiger partial charge in [0.2, 0.25) is 0 Å². The molecule has 100 valence electrons. The predicted octanol–water partition coefficient (Wildman–Crippen LogP) is 4.27. The lowest BCUT2D eigenvalue weighted by Gasteiger charge is -2.01. The Labute approximate surface area is 107 Å². The second-order valence-corrected chi connectivity index (χ2v) is 5.56. The lowest BCUT2D eigenvalue weighted by Crippen LogP contribution is -2.02. The summed E-state index contributed by atoms with van der Waals surface area (Å²) in [7, 11) is 0. The third-order valence-electron chi connectivity index (χ3n) is 3.95. The van der Waals surface area contributed by atoms with E-state index in [2.05, 4.69) is 6.92 Å². The van der Waals surface area contributed by atoms with E-state index in [9.17, 15) is 0 Å². The van der Waals surface area contributed by atoms with E-state index in [1.54, 1.807) is 0 Å². The summed E-state index contributed by atoms with van der Waals surface area (Å²) in [6.07, 6.45) is 15.0. The van der Waals surface area contributed by atoms with E-state index in [4.69, 9.17) is 11.1 Å². The molecular formula is C15H30N2. The lowest BCUT2D eigenvalue weighted by atomic mass is 10.0. The standard InChI is InChI=1S/C15H30N2/c1-2-3-4-5-6-7-8-9-10-11-12-13-14(16)15(13)17/h13-14,17H,2-12,16H2,1H3. The largest absolute Gasteiger partial charge is 0.322 e. The fraction of sp³-hybridized carbons (Fsp3) is 0.933. The van der Waals surface area contributed by atoms with E-state index in [1.807, 2.05) is 0 Å². The quantitative estimate of drug-likeness (QED) is 0.519. The van der Waals surface area contributed by atoms with Crippen LogP contribution in [0.5, 0.6) is 0 Å². The van der Waals surface area contributed by atoms with Crippen molar-refractivity contribution < 1.29 is 0 Å². The Bertz CT molecular complexity index is 213. The molecule has 0 spiro atoms. The van der Waals surface area contributed by atoms with E-state index in [0.29, 0.717) is 5.92 Å². The molecule has 0 saturated heterocycles. The second-order valence-electron chi connectivity index (χ2n) is 5.56. The van der Waals surface area contributed by atoms with E-state index < -0.39 is 0 Å². The number of hydrogen-bond acceptors (Lipinski definition) is 2. The number of nitrogens with two attached hydrogens (primary N) is 1. The Hall–Kier alpha value is -0.370. The molecular weight excluding hydrogens is 208 g/mol. The second kappa shape index (κ2) is 8.68. The molecule has 17 heavy (non-hydrogen) atoms. The molecule has 1 aliphatic carbocycles. The summed E-state index contributed by atoms with van der Waals surface area (Å²) in [6.45, 7) is 2.27. The van der Waals surface area contributed by atoms with Crippen LogP contribution < -0.4 is 5.73 Å². The molecule has 0 amide bonds. The van der Waals surface area contributed by atoms with Crippen LogP contribution in [0.15, 0.2) is 0 Å². The predicted molar refractivity (Wildman–Crippen MR) is 75.7 cm³/mol. The van der Waals surface area contributed by atoms with Crippen molar-refractivity contribution in [2.75, 3.05) is 0 Å². The van der Waals surface area contributed by atoms with Crippen LogP contribution in [-0.2, 0) is 0 Å². The molecule has 1 saturated carbocycles. The van der Waals surface area contributed by atoms with Crippen molar-refractivity contribution in [1.29, 1.82) is 5.41 Å². The number of nitrogens with one attached hydrogen (secondary N) is 1. The molecule has 0 aromatic carbocycles. The third kappa shape index (κ3) is 6.21. The molecule has 2 heteroatoms. The minimum atomic E-state index is 0.119. The van der Waals surface area contributed by atoms with E-state index in [0.717, 1.165) is 12.1 Å². The summed E-state index contributed by atoms with van der Waals surface area (Å²) < 4.78 is 0. The van der Waals surface area contributed by atoms with Gasteiger partial charge in [0, 0.05) is 11.6 Å². The molecule has 2 atom stereocenters. The van der Waals surface area contributed by atoms with Crippen molar-refractivity contribution in [2.24, 2.45) is 11.7 Å². The molecule has 1 fully saturated rings. The fourth-order valence-corrected chi connectivity index (χ4v) is 2.53. The van der Waals surface area contributed by atoms with E-state index in [-0.39, 0.29) is 6.04 Å².